The first-order valence-electron chi connectivity index (χ1n) is 9.49. The third-order valence-corrected chi connectivity index (χ3v) is 6.15. The Balaban J connectivity index is 1.74. The molecule has 0 fully saturated rings. The summed E-state index contributed by atoms with van der Waals surface area (Å²) < 4.78 is 24.5. The smallest absolute Gasteiger partial charge is 0.251 e. The van der Waals surface area contributed by atoms with Gasteiger partial charge in [-0.3, -0.25) is 9.79 Å². The van der Waals surface area contributed by atoms with Gasteiger partial charge in [0.2, 0.25) is 0 Å². The van der Waals surface area contributed by atoms with Gasteiger partial charge in [-0.1, -0.05) is 30.3 Å². The van der Waals surface area contributed by atoms with Gasteiger partial charge in [0.05, 0.1) is 10.6 Å². The average Bonchev–Trinajstić information content (AvgIpc) is 2.75. The number of hydrogen-bond donors (Lipinski definition) is 3. The van der Waals surface area contributed by atoms with Gasteiger partial charge < -0.3 is 16.0 Å². The molecular weight excluding hydrogens is 388 g/mol. The molecule has 2 rings (SSSR count). The second kappa shape index (κ2) is 11.2. The number of nitrogens with one attached hydrogen (secondary N) is 3. The van der Waals surface area contributed by atoms with Crippen LogP contribution >= 0.6 is 0 Å². The number of guanidine groups is 1. The Morgan fingerprint density at radius 2 is 1.72 bits per heavy atom. The predicted octanol–water partition coefficient (Wildman–Crippen LogP) is 1.62. The summed E-state index contributed by atoms with van der Waals surface area (Å²) >= 11 is 0. The molecular formula is C21H28N4O3S. The van der Waals surface area contributed by atoms with Gasteiger partial charge in [0.1, 0.15) is 0 Å². The Labute approximate surface area is 172 Å². The molecule has 0 heterocycles. The summed E-state index contributed by atoms with van der Waals surface area (Å²) in [5.74, 6) is 0.583. The van der Waals surface area contributed by atoms with E-state index in [1.165, 1.54) is 0 Å². The van der Waals surface area contributed by atoms with E-state index in [0.717, 1.165) is 12.0 Å². The third-order valence-electron chi connectivity index (χ3n) is 4.33. The van der Waals surface area contributed by atoms with Crippen molar-refractivity contribution in [2.75, 3.05) is 32.9 Å². The molecule has 0 bridgehead atoms. The highest BCUT2D eigenvalue weighted by molar-refractivity contribution is 7.91. The number of hydrogen-bond acceptors (Lipinski definition) is 4. The number of carbonyl (C=O) groups is 1. The Bertz CT molecular complexity index is 928. The molecule has 0 saturated carbocycles. The number of amides is 1. The fraction of sp³-hybridized carbons (Fsp3) is 0.333. The van der Waals surface area contributed by atoms with Gasteiger partial charge in [-0.05, 0) is 42.7 Å². The maximum Gasteiger partial charge on any atom is 0.251 e. The van der Waals surface area contributed by atoms with Gasteiger partial charge >= 0.3 is 0 Å². The molecule has 0 saturated heterocycles. The van der Waals surface area contributed by atoms with E-state index in [9.17, 15) is 13.2 Å². The van der Waals surface area contributed by atoms with E-state index < -0.39 is 9.84 Å². The maximum atomic E-state index is 12.3. The molecule has 7 nitrogen and oxygen atoms in total. The van der Waals surface area contributed by atoms with Crippen LogP contribution in [0.4, 0.5) is 0 Å². The minimum Gasteiger partial charge on any atom is -0.356 e. The Morgan fingerprint density at radius 3 is 2.41 bits per heavy atom. The molecule has 0 aromatic heterocycles. The van der Waals surface area contributed by atoms with Crippen molar-refractivity contribution in [3.8, 4) is 0 Å². The first kappa shape index (κ1) is 22.4. The number of rotatable bonds is 9. The number of carbonyl (C=O) groups excluding carboxylic acids is 1. The third kappa shape index (κ3) is 7.23. The minimum absolute atomic E-state index is 0.0767. The van der Waals surface area contributed by atoms with Crippen molar-refractivity contribution < 1.29 is 13.2 Å². The molecule has 156 valence electrons. The molecule has 29 heavy (non-hydrogen) atoms. The highest BCUT2D eigenvalue weighted by atomic mass is 32.2. The molecule has 0 atom stereocenters. The van der Waals surface area contributed by atoms with Crippen molar-refractivity contribution in [2.45, 2.75) is 17.7 Å². The summed E-state index contributed by atoms with van der Waals surface area (Å²) in [5.41, 5.74) is 1.68. The molecule has 3 N–H and O–H groups in total. The van der Waals surface area contributed by atoms with E-state index in [1.54, 1.807) is 50.5 Å². The summed E-state index contributed by atoms with van der Waals surface area (Å²) in [6.07, 6.45) is 1.21. The van der Waals surface area contributed by atoms with E-state index in [-0.39, 0.29) is 11.7 Å². The molecule has 1 amide bonds. The van der Waals surface area contributed by atoms with Gasteiger partial charge in [0.25, 0.3) is 5.91 Å². The first-order chi connectivity index (χ1) is 14.0. The lowest BCUT2D eigenvalue weighted by Gasteiger charge is -2.12. The van der Waals surface area contributed by atoms with Crippen molar-refractivity contribution in [3.05, 3.63) is 65.7 Å². The SMILES string of the molecule is CN=C(NCCCS(=O)(=O)c1ccccc1)NCCc1cccc(C(=O)NC)c1. The molecule has 0 aliphatic rings. The van der Waals surface area contributed by atoms with Gasteiger partial charge in [0, 0.05) is 32.7 Å². The quantitative estimate of drug-likeness (QED) is 0.328. The van der Waals surface area contributed by atoms with Crippen LogP contribution in [0, 0.1) is 0 Å². The molecule has 8 heteroatoms. The molecule has 0 aliphatic carbocycles. The van der Waals surface area contributed by atoms with Crippen LogP contribution in [0.3, 0.4) is 0 Å². The minimum atomic E-state index is -3.26. The van der Waals surface area contributed by atoms with Crippen LogP contribution in [-0.4, -0.2) is 53.2 Å². The highest BCUT2D eigenvalue weighted by Gasteiger charge is 2.13. The summed E-state index contributed by atoms with van der Waals surface area (Å²) in [6, 6.07) is 15.9. The van der Waals surface area contributed by atoms with Crippen LogP contribution in [0.5, 0.6) is 0 Å². The van der Waals surface area contributed by atoms with Crippen molar-refractivity contribution in [1.29, 1.82) is 0 Å². The van der Waals surface area contributed by atoms with Crippen LogP contribution in [-0.2, 0) is 16.3 Å². The summed E-state index contributed by atoms with van der Waals surface area (Å²) in [5, 5.41) is 8.94. The van der Waals surface area contributed by atoms with Gasteiger partial charge in [-0.25, -0.2) is 8.42 Å². The zero-order valence-corrected chi connectivity index (χ0v) is 17.6. The van der Waals surface area contributed by atoms with E-state index in [0.29, 0.717) is 35.9 Å². The van der Waals surface area contributed by atoms with Crippen molar-refractivity contribution in [3.63, 3.8) is 0 Å². The average molecular weight is 417 g/mol. The van der Waals surface area contributed by atoms with Gasteiger partial charge in [0.15, 0.2) is 15.8 Å². The van der Waals surface area contributed by atoms with Gasteiger partial charge in [-0.2, -0.15) is 0 Å². The lowest BCUT2D eigenvalue weighted by atomic mass is 10.1. The van der Waals surface area contributed by atoms with Crippen LogP contribution in [0.15, 0.2) is 64.5 Å². The summed E-state index contributed by atoms with van der Waals surface area (Å²) in [4.78, 5) is 16.2. The predicted molar refractivity (Wildman–Crippen MR) is 116 cm³/mol. The van der Waals surface area contributed by atoms with E-state index in [1.807, 2.05) is 18.2 Å². The normalized spacial score (nSPS) is 11.7. The van der Waals surface area contributed by atoms with E-state index in [4.69, 9.17) is 0 Å². The molecule has 2 aromatic carbocycles. The fourth-order valence-corrected chi connectivity index (χ4v) is 4.10. The topological polar surface area (TPSA) is 99.7 Å². The fourth-order valence-electron chi connectivity index (χ4n) is 2.77. The van der Waals surface area contributed by atoms with Crippen molar-refractivity contribution >= 4 is 21.7 Å². The maximum absolute atomic E-state index is 12.3. The zero-order chi connectivity index (χ0) is 21.1. The summed E-state index contributed by atoms with van der Waals surface area (Å²) in [7, 11) is 0.0131. The Kier molecular flexibility index (Phi) is 8.67. The number of sulfone groups is 1. The molecule has 0 aliphatic heterocycles. The molecule has 2 aromatic rings. The molecule has 0 radical (unpaired) electrons. The van der Waals surface area contributed by atoms with Crippen LogP contribution in [0.1, 0.15) is 22.3 Å². The Hall–Kier alpha value is -2.87. The lowest BCUT2D eigenvalue weighted by molar-refractivity contribution is 0.0963. The lowest BCUT2D eigenvalue weighted by Crippen LogP contribution is -2.39. The van der Waals surface area contributed by atoms with Crippen molar-refractivity contribution in [2.24, 2.45) is 4.99 Å². The second-order valence-electron chi connectivity index (χ2n) is 6.44. The molecule has 0 unspecified atom stereocenters. The van der Waals surface area contributed by atoms with E-state index >= 15 is 0 Å². The Morgan fingerprint density at radius 1 is 1.00 bits per heavy atom. The monoisotopic (exact) mass is 416 g/mol. The van der Waals surface area contributed by atoms with Crippen LogP contribution < -0.4 is 16.0 Å². The van der Waals surface area contributed by atoms with Gasteiger partial charge in [-0.15, -0.1) is 0 Å². The number of nitrogens with zero attached hydrogens (tertiary/aromatic N) is 1. The van der Waals surface area contributed by atoms with E-state index in [2.05, 4.69) is 20.9 Å². The summed E-state index contributed by atoms with van der Waals surface area (Å²) in [6.45, 7) is 1.14. The largest absolute Gasteiger partial charge is 0.356 e. The number of benzene rings is 2. The molecule has 0 spiro atoms. The zero-order valence-electron chi connectivity index (χ0n) is 16.8. The van der Waals surface area contributed by atoms with Crippen LogP contribution in [0.25, 0.3) is 0 Å². The first-order valence-corrected chi connectivity index (χ1v) is 11.1. The number of aliphatic imine (C=N–C) groups is 1. The van der Waals surface area contributed by atoms with Crippen LogP contribution in [0.2, 0.25) is 0 Å². The van der Waals surface area contributed by atoms with Crippen molar-refractivity contribution in [1.82, 2.24) is 16.0 Å². The second-order valence-corrected chi connectivity index (χ2v) is 8.55. The highest BCUT2D eigenvalue weighted by Crippen LogP contribution is 2.10. The standard InChI is InChI=1S/C21H28N4O3S/c1-22-20(26)18-9-6-8-17(16-18)12-14-25-21(23-2)24-13-7-15-29(27,28)19-10-4-3-5-11-19/h3-6,8-11,16H,7,12-15H2,1-2H3,(H,22,26)(H2,23,24,25).